The Labute approximate surface area is 194 Å². The average molecular weight is 443 g/mol. The van der Waals surface area contributed by atoms with Gasteiger partial charge in [-0.3, -0.25) is 4.79 Å². The van der Waals surface area contributed by atoms with Gasteiger partial charge in [0.15, 0.2) is 0 Å². The highest BCUT2D eigenvalue weighted by atomic mass is 16.7. The van der Waals surface area contributed by atoms with Crippen molar-refractivity contribution in [3.63, 3.8) is 0 Å². The molecule has 3 fully saturated rings. The van der Waals surface area contributed by atoms with Gasteiger partial charge >= 0.3 is 0 Å². The molecule has 3 aliphatic carbocycles. The van der Waals surface area contributed by atoms with Gasteiger partial charge in [0.1, 0.15) is 12.6 Å². The molecular formula is C28H42O4. The number of carbonyl (C=O) groups is 1. The van der Waals surface area contributed by atoms with Gasteiger partial charge in [0.05, 0.1) is 18.8 Å². The molecule has 0 aromatic heterocycles. The Morgan fingerprint density at radius 2 is 1.84 bits per heavy atom. The number of rotatable bonds is 6. The maximum Gasteiger partial charge on any atom is 0.147 e. The normalized spacial score (nSPS) is 44.1. The van der Waals surface area contributed by atoms with Crippen LogP contribution in [0.5, 0.6) is 0 Å². The van der Waals surface area contributed by atoms with Gasteiger partial charge in [-0.25, -0.2) is 0 Å². The third kappa shape index (κ3) is 3.67. The molecule has 4 rings (SSSR count). The fourth-order valence-corrected chi connectivity index (χ4v) is 7.75. The number of benzene rings is 1. The molecular weight excluding hydrogens is 400 g/mol. The monoisotopic (exact) mass is 442 g/mol. The lowest BCUT2D eigenvalue weighted by Gasteiger charge is -2.62. The first-order chi connectivity index (χ1) is 15.2. The van der Waals surface area contributed by atoms with Gasteiger partial charge in [0, 0.05) is 17.8 Å². The summed E-state index contributed by atoms with van der Waals surface area (Å²) < 4.78 is 12.5. The topological polar surface area (TPSA) is 55.8 Å². The summed E-state index contributed by atoms with van der Waals surface area (Å²) in [4.78, 5) is 13.3. The predicted octanol–water partition coefficient (Wildman–Crippen LogP) is 5.76. The molecule has 2 bridgehead atoms. The number of ether oxygens (including phenoxy) is 2. The van der Waals surface area contributed by atoms with Crippen LogP contribution in [0.15, 0.2) is 30.3 Å². The minimum atomic E-state index is -0.502. The van der Waals surface area contributed by atoms with Crippen LogP contribution in [0.3, 0.4) is 0 Å². The molecule has 3 saturated carbocycles. The Kier molecular flexibility index (Phi) is 6.61. The number of hydrogen-bond acceptors (Lipinski definition) is 4. The number of hydrogen-bond donors (Lipinski definition) is 1. The van der Waals surface area contributed by atoms with Crippen molar-refractivity contribution < 1.29 is 19.4 Å². The van der Waals surface area contributed by atoms with Crippen molar-refractivity contribution >= 4 is 5.78 Å². The molecule has 4 nitrogen and oxygen atoms in total. The van der Waals surface area contributed by atoms with E-state index >= 15 is 0 Å². The first-order valence-electron chi connectivity index (χ1n) is 12.6. The van der Waals surface area contributed by atoms with Gasteiger partial charge < -0.3 is 14.6 Å². The van der Waals surface area contributed by atoms with Crippen LogP contribution in [0, 0.1) is 34.0 Å². The first-order valence-corrected chi connectivity index (χ1v) is 12.6. The smallest absolute Gasteiger partial charge is 0.147 e. The average Bonchev–Trinajstić information content (AvgIpc) is 3.14. The van der Waals surface area contributed by atoms with Crippen LogP contribution in [0.25, 0.3) is 0 Å². The van der Waals surface area contributed by atoms with Crippen molar-refractivity contribution in [2.24, 2.45) is 34.0 Å². The Balaban J connectivity index is 1.62. The second-order valence-electron chi connectivity index (χ2n) is 11.5. The highest BCUT2D eigenvalue weighted by Gasteiger charge is 2.67. The molecule has 1 N–H and O–H groups in total. The van der Waals surface area contributed by atoms with Gasteiger partial charge in [0.25, 0.3) is 0 Å². The van der Waals surface area contributed by atoms with E-state index in [9.17, 15) is 9.90 Å². The zero-order valence-electron chi connectivity index (χ0n) is 20.6. The SMILES string of the molecule is CC[C@]1(C)C[C@@H](O)[C@@]2(C)C3C(=O)CC[C@@]3(CC[C@H]2C)[C@H](C)[C@@H]1OCOCc1ccccc1. The Morgan fingerprint density at radius 3 is 2.53 bits per heavy atom. The molecule has 3 aliphatic rings. The second-order valence-corrected chi connectivity index (χ2v) is 11.5. The van der Waals surface area contributed by atoms with Crippen molar-refractivity contribution in [1.29, 1.82) is 0 Å². The summed E-state index contributed by atoms with van der Waals surface area (Å²) in [5.74, 6) is 0.881. The van der Waals surface area contributed by atoms with E-state index in [4.69, 9.17) is 9.47 Å². The van der Waals surface area contributed by atoms with Crippen LogP contribution in [0.1, 0.15) is 78.7 Å². The number of carbonyl (C=O) groups excluding carboxylic acids is 1. The van der Waals surface area contributed by atoms with Gasteiger partial charge in [-0.05, 0) is 60.3 Å². The molecule has 0 spiro atoms. The molecule has 0 amide bonds. The van der Waals surface area contributed by atoms with Gasteiger partial charge in [-0.2, -0.15) is 0 Å². The third-order valence-electron chi connectivity index (χ3n) is 10.1. The summed E-state index contributed by atoms with van der Waals surface area (Å²) in [5, 5.41) is 11.7. The maximum atomic E-state index is 13.3. The first kappa shape index (κ1) is 23.9. The molecule has 1 aromatic rings. The molecule has 0 saturated heterocycles. The quantitative estimate of drug-likeness (QED) is 0.449. The van der Waals surface area contributed by atoms with Crippen molar-refractivity contribution in [2.75, 3.05) is 6.79 Å². The van der Waals surface area contributed by atoms with E-state index in [2.05, 4.69) is 46.8 Å². The van der Waals surface area contributed by atoms with Crippen molar-refractivity contribution in [3.05, 3.63) is 35.9 Å². The van der Waals surface area contributed by atoms with Crippen molar-refractivity contribution in [1.82, 2.24) is 0 Å². The lowest BCUT2D eigenvalue weighted by molar-refractivity contribution is -0.227. The Morgan fingerprint density at radius 1 is 1.12 bits per heavy atom. The molecule has 4 heteroatoms. The van der Waals surface area contributed by atoms with Gasteiger partial charge in [0.2, 0.25) is 0 Å². The van der Waals surface area contributed by atoms with Crippen LogP contribution in [0.2, 0.25) is 0 Å². The van der Waals surface area contributed by atoms with E-state index in [1.165, 1.54) is 0 Å². The summed E-state index contributed by atoms with van der Waals surface area (Å²) >= 11 is 0. The van der Waals surface area contributed by atoms with E-state index < -0.39 is 6.10 Å². The number of Topliss-reactive ketones (excluding diaryl/α,β-unsaturated/α-hetero) is 1. The van der Waals surface area contributed by atoms with E-state index in [1.807, 2.05) is 18.2 Å². The lowest BCUT2D eigenvalue weighted by atomic mass is 9.43. The summed E-state index contributed by atoms with van der Waals surface area (Å²) in [6.45, 7) is 12.0. The van der Waals surface area contributed by atoms with Crippen LogP contribution in [-0.4, -0.2) is 29.9 Å². The van der Waals surface area contributed by atoms with Crippen LogP contribution < -0.4 is 0 Å². The Hall–Kier alpha value is -1.23. The summed E-state index contributed by atoms with van der Waals surface area (Å²) in [6.07, 6.45) is 4.73. The molecule has 8 atom stereocenters. The molecule has 178 valence electrons. The third-order valence-corrected chi connectivity index (χ3v) is 10.1. The maximum absolute atomic E-state index is 13.3. The van der Waals surface area contributed by atoms with Gasteiger partial charge in [-0.1, -0.05) is 65.0 Å². The molecule has 32 heavy (non-hydrogen) atoms. The molecule has 0 heterocycles. The fraction of sp³-hybridized carbons (Fsp3) is 0.750. The summed E-state index contributed by atoms with van der Waals surface area (Å²) in [7, 11) is 0. The highest BCUT2D eigenvalue weighted by Crippen LogP contribution is 2.68. The second kappa shape index (κ2) is 8.85. The molecule has 1 unspecified atom stereocenters. The Bertz CT molecular complexity index is 809. The van der Waals surface area contributed by atoms with Crippen LogP contribution >= 0.6 is 0 Å². The van der Waals surface area contributed by atoms with Crippen LogP contribution in [-0.2, 0) is 20.9 Å². The van der Waals surface area contributed by atoms with E-state index in [1.54, 1.807) is 0 Å². The van der Waals surface area contributed by atoms with Crippen LogP contribution in [0.4, 0.5) is 0 Å². The zero-order chi connectivity index (χ0) is 23.1. The summed E-state index contributed by atoms with van der Waals surface area (Å²) in [5.41, 5.74) is 0.523. The summed E-state index contributed by atoms with van der Waals surface area (Å²) in [6, 6.07) is 10.2. The van der Waals surface area contributed by atoms with Crippen molar-refractivity contribution in [2.45, 2.75) is 92.0 Å². The predicted molar refractivity (Wildman–Crippen MR) is 126 cm³/mol. The fourth-order valence-electron chi connectivity index (χ4n) is 7.75. The molecule has 0 aliphatic heterocycles. The minimum Gasteiger partial charge on any atom is -0.393 e. The molecule has 1 aromatic carbocycles. The highest BCUT2D eigenvalue weighted by molar-refractivity contribution is 5.85. The van der Waals surface area contributed by atoms with E-state index in [0.717, 1.165) is 31.2 Å². The minimum absolute atomic E-state index is 0.0516. The number of ketones is 1. The largest absolute Gasteiger partial charge is 0.393 e. The number of aliphatic hydroxyl groups is 1. The van der Waals surface area contributed by atoms with E-state index in [0.29, 0.717) is 31.1 Å². The van der Waals surface area contributed by atoms with Gasteiger partial charge in [-0.15, -0.1) is 0 Å². The lowest BCUT2D eigenvalue weighted by Crippen LogP contribution is -2.63. The standard InChI is InChI=1S/C28H42O4/c1-6-26(4)16-23(30)27(5)19(2)12-14-28(15-13-22(29)24(27)28)20(3)25(26)32-18-31-17-21-10-8-7-9-11-21/h7-11,19-20,23-25,30H,6,12-18H2,1-5H3/t19-,20-,23-,24?,25+,26-,27+,28+/m1/s1. The van der Waals surface area contributed by atoms with Crippen molar-refractivity contribution in [3.8, 4) is 0 Å². The number of aliphatic hydroxyl groups excluding tert-OH is 1. The van der Waals surface area contributed by atoms with E-state index in [-0.39, 0.29) is 41.0 Å². The zero-order valence-corrected chi connectivity index (χ0v) is 20.6. The molecule has 0 radical (unpaired) electrons.